The molecular formula is C10H16ClNS2. The van der Waals surface area contributed by atoms with Crippen molar-refractivity contribution >= 4 is 34.7 Å². The van der Waals surface area contributed by atoms with E-state index in [4.69, 9.17) is 11.6 Å². The summed E-state index contributed by atoms with van der Waals surface area (Å²) in [4.78, 5) is 4.56. The van der Waals surface area contributed by atoms with Crippen LogP contribution in [0.3, 0.4) is 0 Å². The molecule has 4 heteroatoms. The fourth-order valence-corrected chi connectivity index (χ4v) is 3.02. The molecule has 0 aliphatic carbocycles. The van der Waals surface area contributed by atoms with Gasteiger partial charge in [0.1, 0.15) is 5.01 Å². The van der Waals surface area contributed by atoms with Crippen LogP contribution in [0.15, 0.2) is 5.38 Å². The summed E-state index contributed by atoms with van der Waals surface area (Å²) in [7, 11) is 0. The molecule has 0 fully saturated rings. The van der Waals surface area contributed by atoms with Gasteiger partial charge in [0.15, 0.2) is 0 Å². The van der Waals surface area contributed by atoms with Gasteiger partial charge in [-0.3, -0.25) is 0 Å². The van der Waals surface area contributed by atoms with Gasteiger partial charge in [-0.25, -0.2) is 4.98 Å². The monoisotopic (exact) mass is 249 g/mol. The third-order valence-electron chi connectivity index (χ3n) is 1.74. The molecule has 0 spiro atoms. The highest BCUT2D eigenvalue weighted by molar-refractivity contribution is 7.98. The van der Waals surface area contributed by atoms with Crippen molar-refractivity contribution in [1.82, 2.24) is 4.98 Å². The number of thiazole rings is 1. The molecule has 14 heavy (non-hydrogen) atoms. The molecule has 0 bridgehead atoms. The van der Waals surface area contributed by atoms with Crippen molar-refractivity contribution in [2.45, 2.75) is 31.9 Å². The molecule has 1 aromatic rings. The lowest BCUT2D eigenvalue weighted by Gasteiger charge is -1.94. The number of rotatable bonds is 7. The second-order valence-electron chi connectivity index (χ2n) is 3.08. The van der Waals surface area contributed by atoms with Crippen LogP contribution >= 0.6 is 34.7 Å². The summed E-state index contributed by atoms with van der Waals surface area (Å²) in [5.41, 5.74) is 1.21. The van der Waals surface area contributed by atoms with Crippen LogP contribution in [0.5, 0.6) is 0 Å². The molecule has 0 aliphatic heterocycles. The van der Waals surface area contributed by atoms with Crippen LogP contribution < -0.4 is 0 Å². The Bertz CT molecular complexity index is 250. The molecule has 1 rings (SSSR count). The Morgan fingerprint density at radius 3 is 3.14 bits per heavy atom. The maximum Gasteiger partial charge on any atom is 0.103 e. The van der Waals surface area contributed by atoms with E-state index in [9.17, 15) is 0 Å². The maximum absolute atomic E-state index is 5.63. The Morgan fingerprint density at radius 2 is 2.43 bits per heavy atom. The van der Waals surface area contributed by atoms with E-state index in [0.29, 0.717) is 0 Å². The molecule has 1 aromatic heterocycles. The number of thioether (sulfide) groups is 1. The second-order valence-corrected chi connectivity index (χ2v) is 5.50. The number of hydrogen-bond acceptors (Lipinski definition) is 3. The van der Waals surface area contributed by atoms with E-state index < -0.39 is 0 Å². The van der Waals surface area contributed by atoms with Crippen molar-refractivity contribution in [3.63, 3.8) is 0 Å². The molecule has 80 valence electrons. The molecule has 1 heterocycles. The quantitative estimate of drug-likeness (QED) is 0.536. The molecule has 0 saturated carbocycles. The smallest absolute Gasteiger partial charge is 0.103 e. The molecule has 0 saturated heterocycles. The summed E-state index contributed by atoms with van der Waals surface area (Å²) < 4.78 is 0. The highest BCUT2D eigenvalue weighted by Crippen LogP contribution is 2.18. The first-order valence-corrected chi connectivity index (χ1v) is 7.50. The van der Waals surface area contributed by atoms with Gasteiger partial charge in [0.05, 0.1) is 5.69 Å². The molecule has 0 radical (unpaired) electrons. The lowest BCUT2D eigenvalue weighted by molar-refractivity contribution is 0.893. The van der Waals surface area contributed by atoms with Gasteiger partial charge >= 0.3 is 0 Å². The number of nitrogens with zero attached hydrogens (tertiary/aromatic N) is 1. The lowest BCUT2D eigenvalue weighted by Crippen LogP contribution is -1.87. The van der Waals surface area contributed by atoms with E-state index in [0.717, 1.165) is 24.5 Å². The predicted molar refractivity (Wildman–Crippen MR) is 67.6 cm³/mol. The number of aryl methyl sites for hydroxylation is 1. The van der Waals surface area contributed by atoms with Crippen LogP contribution in [-0.2, 0) is 12.2 Å². The highest BCUT2D eigenvalue weighted by atomic mass is 35.5. The fraction of sp³-hybridized carbons (Fsp3) is 0.700. The number of halogens is 1. The van der Waals surface area contributed by atoms with Crippen LogP contribution in [0, 0.1) is 0 Å². The van der Waals surface area contributed by atoms with Crippen LogP contribution in [0.1, 0.15) is 30.5 Å². The van der Waals surface area contributed by atoms with Crippen molar-refractivity contribution in [3.05, 3.63) is 16.1 Å². The molecule has 0 aliphatic rings. The largest absolute Gasteiger partial charge is 0.245 e. The Balaban J connectivity index is 2.27. The first-order valence-electron chi connectivity index (χ1n) is 4.93. The maximum atomic E-state index is 5.63. The van der Waals surface area contributed by atoms with Gasteiger partial charge in [-0.05, 0) is 25.0 Å². The topological polar surface area (TPSA) is 12.9 Å². The third-order valence-corrected chi connectivity index (χ3v) is 4.26. The summed E-state index contributed by atoms with van der Waals surface area (Å²) in [6.45, 7) is 2.21. The molecule has 1 nitrogen and oxygen atoms in total. The average Bonchev–Trinajstić information content (AvgIpc) is 2.63. The van der Waals surface area contributed by atoms with E-state index in [1.165, 1.54) is 22.9 Å². The van der Waals surface area contributed by atoms with Crippen molar-refractivity contribution in [1.29, 1.82) is 0 Å². The summed E-state index contributed by atoms with van der Waals surface area (Å²) >= 11 is 9.37. The first-order chi connectivity index (χ1) is 6.86. The molecule has 0 amide bonds. The molecular weight excluding hydrogens is 234 g/mol. The Labute approximate surface area is 99.3 Å². The van der Waals surface area contributed by atoms with E-state index in [2.05, 4.69) is 17.3 Å². The third kappa shape index (κ3) is 4.67. The molecule has 0 unspecified atom stereocenters. The zero-order valence-corrected chi connectivity index (χ0v) is 10.9. The minimum atomic E-state index is 0.734. The van der Waals surface area contributed by atoms with Gasteiger partial charge < -0.3 is 0 Å². The van der Waals surface area contributed by atoms with Crippen molar-refractivity contribution in [2.24, 2.45) is 0 Å². The molecule has 0 aromatic carbocycles. The van der Waals surface area contributed by atoms with Crippen LogP contribution in [0.2, 0.25) is 0 Å². The van der Waals surface area contributed by atoms with E-state index in [1.807, 2.05) is 11.8 Å². The first kappa shape index (κ1) is 12.3. The fourth-order valence-electron chi connectivity index (χ4n) is 1.08. The summed E-state index contributed by atoms with van der Waals surface area (Å²) in [5, 5.41) is 3.42. The summed E-state index contributed by atoms with van der Waals surface area (Å²) in [5.74, 6) is 3.04. The van der Waals surface area contributed by atoms with E-state index in [1.54, 1.807) is 11.3 Å². The Hall–Kier alpha value is 0.270. The van der Waals surface area contributed by atoms with Gasteiger partial charge in [-0.2, -0.15) is 11.8 Å². The van der Waals surface area contributed by atoms with Gasteiger partial charge in [-0.1, -0.05) is 6.92 Å². The molecule has 0 N–H and O–H groups in total. The van der Waals surface area contributed by atoms with Gasteiger partial charge in [0.2, 0.25) is 0 Å². The Morgan fingerprint density at radius 1 is 1.57 bits per heavy atom. The van der Waals surface area contributed by atoms with E-state index >= 15 is 0 Å². The highest BCUT2D eigenvalue weighted by Gasteiger charge is 2.01. The van der Waals surface area contributed by atoms with Crippen molar-refractivity contribution in [3.8, 4) is 0 Å². The minimum Gasteiger partial charge on any atom is -0.245 e. The SMILES string of the molecule is CCCSCc1nc(CCCCl)cs1. The summed E-state index contributed by atoms with van der Waals surface area (Å²) in [6.07, 6.45) is 3.31. The average molecular weight is 250 g/mol. The van der Waals surface area contributed by atoms with Crippen LogP contribution in [0.25, 0.3) is 0 Å². The van der Waals surface area contributed by atoms with Gasteiger partial charge in [-0.15, -0.1) is 22.9 Å². The zero-order chi connectivity index (χ0) is 10.2. The number of alkyl halides is 1. The van der Waals surface area contributed by atoms with Crippen molar-refractivity contribution < 1.29 is 0 Å². The summed E-state index contributed by atoms with van der Waals surface area (Å²) in [6, 6.07) is 0. The van der Waals surface area contributed by atoms with E-state index in [-0.39, 0.29) is 0 Å². The second kappa shape index (κ2) is 7.55. The Kier molecular flexibility index (Phi) is 6.65. The standard InChI is InChI=1S/C10H16ClNS2/c1-2-6-13-8-10-12-9(7-14-10)4-3-5-11/h7H,2-6,8H2,1H3. The lowest BCUT2D eigenvalue weighted by atomic mass is 10.3. The van der Waals surface area contributed by atoms with Crippen LogP contribution in [0.4, 0.5) is 0 Å². The zero-order valence-electron chi connectivity index (χ0n) is 8.46. The number of hydrogen-bond donors (Lipinski definition) is 0. The molecule has 0 atom stereocenters. The van der Waals surface area contributed by atoms with Gasteiger partial charge in [0.25, 0.3) is 0 Å². The van der Waals surface area contributed by atoms with Gasteiger partial charge in [0, 0.05) is 17.0 Å². The number of aromatic nitrogens is 1. The van der Waals surface area contributed by atoms with Crippen molar-refractivity contribution in [2.75, 3.05) is 11.6 Å². The predicted octanol–water partition coefficient (Wildman–Crippen LogP) is 3.96. The minimum absolute atomic E-state index is 0.734. The van der Waals surface area contributed by atoms with Crippen LogP contribution in [-0.4, -0.2) is 16.6 Å². The normalized spacial score (nSPS) is 10.7.